The Hall–Kier alpha value is -0.990. The molecule has 0 bridgehead atoms. The number of benzene rings is 1. The van der Waals surface area contributed by atoms with E-state index in [1.165, 1.54) is 5.56 Å². The van der Waals surface area contributed by atoms with Crippen LogP contribution in [-0.4, -0.2) is 9.67 Å². The van der Waals surface area contributed by atoms with Gasteiger partial charge in [0.25, 0.3) is 0 Å². The number of hydrogen-bond donors (Lipinski definition) is 1. The first-order chi connectivity index (χ1) is 7.56. The van der Waals surface area contributed by atoms with Gasteiger partial charge in [-0.15, -0.1) is 0 Å². The minimum absolute atomic E-state index is 0.539. The monoisotopic (exact) mass is 237 g/mol. The molecule has 1 unspecified atom stereocenters. The van der Waals surface area contributed by atoms with Gasteiger partial charge in [-0.1, -0.05) is 24.6 Å². The highest BCUT2D eigenvalue weighted by Crippen LogP contribution is 2.34. The van der Waals surface area contributed by atoms with E-state index in [0.717, 1.165) is 22.9 Å². The zero-order chi connectivity index (χ0) is 11.9. The van der Waals surface area contributed by atoms with Gasteiger partial charge in [-0.25, -0.2) is 0 Å². The first-order valence-electron chi connectivity index (χ1n) is 5.51. The van der Waals surface area contributed by atoms with Crippen molar-refractivity contribution in [3.8, 4) is 0 Å². The molecule has 1 aromatic heterocycles. The third-order valence-electron chi connectivity index (χ3n) is 3.06. The van der Waals surface area contributed by atoms with Crippen LogP contribution in [0.25, 0.3) is 10.9 Å². The number of halogens is 1. The number of aliphatic hydroxyl groups is 1. The predicted molar refractivity (Wildman–Crippen MR) is 67.9 cm³/mol. The van der Waals surface area contributed by atoms with Crippen molar-refractivity contribution in [2.24, 2.45) is 7.05 Å². The number of aryl methyl sites for hydroxylation is 2. The van der Waals surface area contributed by atoms with Gasteiger partial charge in [-0.2, -0.15) is 0 Å². The van der Waals surface area contributed by atoms with Crippen LogP contribution in [-0.2, 0) is 13.5 Å². The molecule has 86 valence electrons. The van der Waals surface area contributed by atoms with Crippen molar-refractivity contribution in [2.45, 2.75) is 26.4 Å². The minimum atomic E-state index is -0.539. The third kappa shape index (κ3) is 1.62. The normalized spacial score (nSPS) is 13.3. The molecular formula is C13H16ClNO. The first-order valence-corrected chi connectivity index (χ1v) is 5.88. The van der Waals surface area contributed by atoms with E-state index in [2.05, 4.69) is 25.1 Å². The van der Waals surface area contributed by atoms with Crippen LogP contribution in [0.15, 0.2) is 18.2 Å². The van der Waals surface area contributed by atoms with Crippen molar-refractivity contribution in [2.75, 3.05) is 0 Å². The summed E-state index contributed by atoms with van der Waals surface area (Å²) in [7, 11) is 1.92. The average molecular weight is 238 g/mol. The molecule has 2 rings (SSSR count). The lowest BCUT2D eigenvalue weighted by atomic mass is 10.1. The van der Waals surface area contributed by atoms with Crippen LogP contribution in [0.4, 0.5) is 0 Å². The quantitative estimate of drug-likeness (QED) is 0.851. The van der Waals surface area contributed by atoms with Crippen LogP contribution < -0.4 is 0 Å². The van der Waals surface area contributed by atoms with Gasteiger partial charge in [0.1, 0.15) is 5.15 Å². The van der Waals surface area contributed by atoms with E-state index in [1.807, 2.05) is 11.6 Å². The Morgan fingerprint density at radius 3 is 2.69 bits per heavy atom. The SMILES string of the molecule is CCc1ccc2c(c1)c(C(C)O)c(Cl)n2C. The molecule has 0 aliphatic rings. The van der Waals surface area contributed by atoms with Crippen molar-refractivity contribution < 1.29 is 5.11 Å². The number of hydrogen-bond acceptors (Lipinski definition) is 1. The molecule has 0 aliphatic carbocycles. The maximum Gasteiger partial charge on any atom is 0.115 e. The van der Waals surface area contributed by atoms with E-state index < -0.39 is 6.10 Å². The third-order valence-corrected chi connectivity index (χ3v) is 3.51. The van der Waals surface area contributed by atoms with Gasteiger partial charge in [0.05, 0.1) is 6.10 Å². The summed E-state index contributed by atoms with van der Waals surface area (Å²) in [4.78, 5) is 0. The molecule has 3 heteroatoms. The maximum absolute atomic E-state index is 9.78. The van der Waals surface area contributed by atoms with E-state index in [1.54, 1.807) is 6.92 Å². The van der Waals surface area contributed by atoms with Gasteiger partial charge in [-0.3, -0.25) is 0 Å². The summed E-state index contributed by atoms with van der Waals surface area (Å²) >= 11 is 6.23. The summed E-state index contributed by atoms with van der Waals surface area (Å²) < 4.78 is 1.92. The molecule has 0 saturated heterocycles. The molecule has 1 atom stereocenters. The zero-order valence-electron chi connectivity index (χ0n) is 9.79. The summed E-state index contributed by atoms with van der Waals surface area (Å²) in [6.07, 6.45) is 0.449. The second-order valence-corrected chi connectivity index (χ2v) is 4.50. The van der Waals surface area contributed by atoms with E-state index in [-0.39, 0.29) is 0 Å². The molecule has 0 spiro atoms. The maximum atomic E-state index is 9.78. The van der Waals surface area contributed by atoms with Crippen LogP contribution in [0.3, 0.4) is 0 Å². The number of fused-ring (bicyclic) bond motifs is 1. The summed E-state index contributed by atoms with van der Waals surface area (Å²) in [5.41, 5.74) is 3.16. The molecule has 1 N–H and O–H groups in total. The van der Waals surface area contributed by atoms with Crippen LogP contribution in [0.5, 0.6) is 0 Å². The lowest BCUT2D eigenvalue weighted by molar-refractivity contribution is 0.201. The highest BCUT2D eigenvalue weighted by Gasteiger charge is 2.17. The van der Waals surface area contributed by atoms with Crippen LogP contribution in [0.1, 0.15) is 31.1 Å². The van der Waals surface area contributed by atoms with Gasteiger partial charge in [0.2, 0.25) is 0 Å². The molecule has 2 aromatic rings. The Balaban J connectivity index is 2.81. The van der Waals surface area contributed by atoms with E-state index >= 15 is 0 Å². The molecule has 1 aromatic carbocycles. The molecule has 2 nitrogen and oxygen atoms in total. The number of nitrogens with zero attached hydrogens (tertiary/aromatic N) is 1. The Morgan fingerprint density at radius 2 is 2.12 bits per heavy atom. The minimum Gasteiger partial charge on any atom is -0.389 e. The van der Waals surface area contributed by atoms with E-state index in [9.17, 15) is 5.11 Å². The summed E-state index contributed by atoms with van der Waals surface area (Å²) in [6, 6.07) is 6.28. The van der Waals surface area contributed by atoms with Crippen molar-refractivity contribution >= 4 is 22.5 Å². The predicted octanol–water partition coefficient (Wildman–Crippen LogP) is 3.45. The van der Waals surface area contributed by atoms with Crippen molar-refractivity contribution in [1.82, 2.24) is 4.57 Å². The number of rotatable bonds is 2. The Morgan fingerprint density at radius 1 is 1.44 bits per heavy atom. The van der Waals surface area contributed by atoms with E-state index in [0.29, 0.717) is 5.15 Å². The Bertz CT molecular complexity index is 528. The van der Waals surface area contributed by atoms with E-state index in [4.69, 9.17) is 11.6 Å². The summed E-state index contributed by atoms with van der Waals surface area (Å²) in [5.74, 6) is 0. The highest BCUT2D eigenvalue weighted by atomic mass is 35.5. The largest absolute Gasteiger partial charge is 0.389 e. The molecule has 0 amide bonds. The second-order valence-electron chi connectivity index (χ2n) is 4.14. The zero-order valence-corrected chi connectivity index (χ0v) is 10.5. The molecular weight excluding hydrogens is 222 g/mol. The fraction of sp³-hybridized carbons (Fsp3) is 0.385. The molecule has 0 radical (unpaired) electrons. The van der Waals surface area contributed by atoms with Crippen LogP contribution in [0, 0.1) is 0 Å². The van der Waals surface area contributed by atoms with Crippen LogP contribution >= 0.6 is 11.6 Å². The van der Waals surface area contributed by atoms with Crippen molar-refractivity contribution in [3.05, 3.63) is 34.5 Å². The van der Waals surface area contributed by atoms with Crippen LogP contribution in [0.2, 0.25) is 5.15 Å². The highest BCUT2D eigenvalue weighted by molar-refractivity contribution is 6.32. The lowest BCUT2D eigenvalue weighted by Crippen LogP contribution is -1.92. The summed E-state index contributed by atoms with van der Waals surface area (Å²) in [5, 5.41) is 11.5. The summed E-state index contributed by atoms with van der Waals surface area (Å²) in [6.45, 7) is 3.87. The molecule has 0 fully saturated rings. The fourth-order valence-electron chi connectivity index (χ4n) is 2.11. The first kappa shape index (κ1) is 11.5. The van der Waals surface area contributed by atoms with Gasteiger partial charge in [-0.05, 0) is 31.0 Å². The average Bonchev–Trinajstić information content (AvgIpc) is 2.51. The molecule has 1 heterocycles. The van der Waals surface area contributed by atoms with Gasteiger partial charge < -0.3 is 9.67 Å². The molecule has 16 heavy (non-hydrogen) atoms. The van der Waals surface area contributed by atoms with Gasteiger partial charge >= 0.3 is 0 Å². The molecule has 0 aliphatic heterocycles. The van der Waals surface area contributed by atoms with Crippen molar-refractivity contribution in [1.29, 1.82) is 0 Å². The number of aliphatic hydroxyl groups excluding tert-OH is 1. The second kappa shape index (κ2) is 4.11. The fourth-order valence-corrected chi connectivity index (χ4v) is 2.46. The van der Waals surface area contributed by atoms with Crippen molar-refractivity contribution in [3.63, 3.8) is 0 Å². The Kier molecular flexibility index (Phi) is 2.96. The molecule has 0 saturated carbocycles. The topological polar surface area (TPSA) is 25.2 Å². The lowest BCUT2D eigenvalue weighted by Gasteiger charge is -2.04. The van der Waals surface area contributed by atoms with Gasteiger partial charge in [0.15, 0.2) is 0 Å². The Labute approximate surface area is 100 Å². The van der Waals surface area contributed by atoms with Gasteiger partial charge in [0, 0.05) is 23.5 Å². The smallest absolute Gasteiger partial charge is 0.115 e. The number of aromatic nitrogens is 1. The standard InChI is InChI=1S/C13H16ClNO/c1-4-9-5-6-11-10(7-9)12(8(2)16)13(14)15(11)3/h5-8,16H,4H2,1-3H3.